The molecule has 0 aliphatic heterocycles. The van der Waals surface area contributed by atoms with Gasteiger partial charge in [-0.3, -0.25) is 0 Å². The van der Waals surface area contributed by atoms with Crippen molar-refractivity contribution in [3.63, 3.8) is 0 Å². The molecule has 0 amide bonds. The molecule has 5 heteroatoms. The summed E-state index contributed by atoms with van der Waals surface area (Å²) in [5.74, 6) is 2.63. The molecule has 5 nitrogen and oxygen atoms in total. The van der Waals surface area contributed by atoms with Crippen molar-refractivity contribution >= 4 is 11.6 Å². The van der Waals surface area contributed by atoms with Gasteiger partial charge in [0.15, 0.2) is 0 Å². The number of benzene rings is 1. The van der Waals surface area contributed by atoms with Gasteiger partial charge < -0.3 is 15.4 Å². The van der Waals surface area contributed by atoms with E-state index in [0.29, 0.717) is 0 Å². The van der Waals surface area contributed by atoms with E-state index in [1.165, 1.54) is 5.56 Å². The number of para-hydroxylation sites is 1. The number of nitrogens with zero attached hydrogens (tertiary/aromatic N) is 2. The van der Waals surface area contributed by atoms with Crippen LogP contribution in [0.2, 0.25) is 0 Å². The van der Waals surface area contributed by atoms with Crippen molar-refractivity contribution in [2.24, 2.45) is 0 Å². The van der Waals surface area contributed by atoms with Crippen molar-refractivity contribution in [1.82, 2.24) is 9.97 Å². The lowest BCUT2D eigenvalue weighted by molar-refractivity contribution is 0.410. The minimum absolute atomic E-state index is 0.793. The maximum Gasteiger partial charge on any atom is 0.134 e. The van der Waals surface area contributed by atoms with Crippen molar-refractivity contribution in [3.8, 4) is 5.75 Å². The summed E-state index contributed by atoms with van der Waals surface area (Å²) in [4.78, 5) is 8.44. The number of aromatic nitrogens is 2. The second kappa shape index (κ2) is 6.75. The van der Waals surface area contributed by atoms with Crippen LogP contribution in [0.1, 0.15) is 11.1 Å². The van der Waals surface area contributed by atoms with E-state index in [1.54, 1.807) is 13.4 Å². The molecule has 2 rings (SSSR count). The average molecular weight is 272 g/mol. The van der Waals surface area contributed by atoms with Crippen LogP contribution in [0.5, 0.6) is 5.75 Å². The monoisotopic (exact) mass is 272 g/mol. The summed E-state index contributed by atoms with van der Waals surface area (Å²) in [7, 11) is 3.55. The van der Waals surface area contributed by atoms with Gasteiger partial charge in [-0.2, -0.15) is 0 Å². The lowest BCUT2D eigenvalue weighted by atomic mass is 10.1. The number of hydrogen-bond donors (Lipinski definition) is 2. The van der Waals surface area contributed by atoms with Crippen LogP contribution in [0.4, 0.5) is 11.6 Å². The van der Waals surface area contributed by atoms with E-state index in [4.69, 9.17) is 4.74 Å². The number of methoxy groups -OCH3 is 1. The Kier molecular flexibility index (Phi) is 4.76. The van der Waals surface area contributed by atoms with Crippen LogP contribution in [-0.4, -0.2) is 30.7 Å². The molecule has 0 aliphatic carbocycles. The highest BCUT2D eigenvalue weighted by Crippen LogP contribution is 2.19. The molecule has 106 valence electrons. The lowest BCUT2D eigenvalue weighted by Crippen LogP contribution is -2.10. The summed E-state index contributed by atoms with van der Waals surface area (Å²) in [6.07, 6.45) is 2.44. The Hall–Kier alpha value is -2.30. The van der Waals surface area contributed by atoms with Gasteiger partial charge in [0.2, 0.25) is 0 Å². The molecule has 0 saturated heterocycles. The molecular formula is C15H20N4O. The summed E-state index contributed by atoms with van der Waals surface area (Å²) in [6.45, 7) is 2.79. The van der Waals surface area contributed by atoms with Gasteiger partial charge in [-0.25, -0.2) is 9.97 Å². The maximum absolute atomic E-state index is 5.34. The third-order valence-electron chi connectivity index (χ3n) is 3.20. The lowest BCUT2D eigenvalue weighted by Gasteiger charge is -2.12. The normalized spacial score (nSPS) is 10.2. The number of ether oxygens (including phenoxy) is 1. The molecule has 0 unspecified atom stereocenters. The van der Waals surface area contributed by atoms with Crippen molar-refractivity contribution in [3.05, 3.63) is 41.7 Å². The largest absolute Gasteiger partial charge is 0.496 e. The zero-order chi connectivity index (χ0) is 14.4. The van der Waals surface area contributed by atoms with E-state index >= 15 is 0 Å². The van der Waals surface area contributed by atoms with Crippen LogP contribution >= 0.6 is 0 Å². The molecule has 0 bridgehead atoms. The molecule has 0 aliphatic rings. The van der Waals surface area contributed by atoms with Gasteiger partial charge in [0.05, 0.1) is 7.11 Å². The predicted molar refractivity (Wildman–Crippen MR) is 81.5 cm³/mol. The van der Waals surface area contributed by atoms with E-state index in [2.05, 4.69) is 26.7 Å². The molecule has 0 atom stereocenters. The zero-order valence-corrected chi connectivity index (χ0v) is 12.1. The fourth-order valence-corrected chi connectivity index (χ4v) is 2.11. The molecule has 1 heterocycles. The fourth-order valence-electron chi connectivity index (χ4n) is 2.11. The topological polar surface area (TPSA) is 59.1 Å². The minimum Gasteiger partial charge on any atom is -0.496 e. The molecular weight excluding hydrogens is 252 g/mol. The van der Waals surface area contributed by atoms with Gasteiger partial charge in [-0.05, 0) is 25.0 Å². The zero-order valence-electron chi connectivity index (χ0n) is 12.1. The Bertz CT molecular complexity index is 572. The maximum atomic E-state index is 5.34. The molecule has 1 aromatic carbocycles. The molecule has 0 fully saturated rings. The second-order valence-corrected chi connectivity index (χ2v) is 4.43. The Morgan fingerprint density at radius 3 is 2.65 bits per heavy atom. The molecule has 2 aromatic rings. The van der Waals surface area contributed by atoms with Crippen molar-refractivity contribution in [2.75, 3.05) is 31.3 Å². The molecule has 2 N–H and O–H groups in total. The second-order valence-electron chi connectivity index (χ2n) is 4.43. The van der Waals surface area contributed by atoms with Crippen LogP contribution in [0.15, 0.2) is 30.6 Å². The van der Waals surface area contributed by atoms with Crippen LogP contribution in [0.25, 0.3) is 0 Å². The van der Waals surface area contributed by atoms with E-state index in [0.717, 1.165) is 35.9 Å². The Morgan fingerprint density at radius 2 is 1.90 bits per heavy atom. The highest BCUT2D eigenvalue weighted by Gasteiger charge is 2.06. The van der Waals surface area contributed by atoms with E-state index < -0.39 is 0 Å². The average Bonchev–Trinajstić information content (AvgIpc) is 2.49. The minimum atomic E-state index is 0.793. The third-order valence-corrected chi connectivity index (χ3v) is 3.20. The molecule has 0 radical (unpaired) electrons. The molecule has 0 spiro atoms. The van der Waals surface area contributed by atoms with E-state index in [-0.39, 0.29) is 0 Å². The first-order valence-corrected chi connectivity index (χ1v) is 6.61. The van der Waals surface area contributed by atoms with Crippen molar-refractivity contribution < 1.29 is 4.74 Å². The Morgan fingerprint density at radius 1 is 1.15 bits per heavy atom. The van der Waals surface area contributed by atoms with Gasteiger partial charge in [0.25, 0.3) is 0 Å². The van der Waals surface area contributed by atoms with Gasteiger partial charge in [-0.15, -0.1) is 0 Å². The quantitative estimate of drug-likeness (QED) is 0.846. The third kappa shape index (κ3) is 3.17. The smallest absolute Gasteiger partial charge is 0.134 e. The van der Waals surface area contributed by atoms with Crippen LogP contribution in [0.3, 0.4) is 0 Å². The highest BCUT2D eigenvalue weighted by atomic mass is 16.5. The predicted octanol–water partition coefficient (Wildman–Crippen LogP) is 2.49. The number of nitrogens with one attached hydrogen (secondary N) is 2. The Labute approximate surface area is 119 Å². The fraction of sp³-hybridized carbons (Fsp3) is 0.333. The molecule has 1 aromatic heterocycles. The van der Waals surface area contributed by atoms with Gasteiger partial charge in [0.1, 0.15) is 23.7 Å². The first-order chi connectivity index (χ1) is 9.76. The first kappa shape index (κ1) is 14.1. The SMILES string of the molecule is CNc1ncnc(NCCc2ccccc2OC)c1C. The van der Waals surface area contributed by atoms with Gasteiger partial charge in [-0.1, -0.05) is 18.2 Å². The van der Waals surface area contributed by atoms with Gasteiger partial charge >= 0.3 is 0 Å². The summed E-state index contributed by atoms with van der Waals surface area (Å²) in [5, 5.41) is 6.39. The summed E-state index contributed by atoms with van der Waals surface area (Å²) < 4.78 is 5.34. The van der Waals surface area contributed by atoms with Crippen molar-refractivity contribution in [1.29, 1.82) is 0 Å². The number of rotatable bonds is 6. The summed E-state index contributed by atoms with van der Waals surface area (Å²) in [6, 6.07) is 8.05. The summed E-state index contributed by atoms with van der Waals surface area (Å²) in [5.41, 5.74) is 2.21. The molecule has 0 saturated carbocycles. The van der Waals surface area contributed by atoms with Gasteiger partial charge in [0, 0.05) is 19.2 Å². The number of hydrogen-bond acceptors (Lipinski definition) is 5. The van der Waals surface area contributed by atoms with Crippen LogP contribution < -0.4 is 15.4 Å². The number of anilines is 2. The summed E-state index contributed by atoms with van der Waals surface area (Å²) >= 11 is 0. The van der Waals surface area contributed by atoms with Crippen LogP contribution in [-0.2, 0) is 6.42 Å². The Balaban J connectivity index is 1.99. The van der Waals surface area contributed by atoms with E-state index in [9.17, 15) is 0 Å². The van der Waals surface area contributed by atoms with Crippen LogP contribution in [0, 0.1) is 6.92 Å². The van der Waals surface area contributed by atoms with E-state index in [1.807, 2.05) is 32.2 Å². The highest BCUT2D eigenvalue weighted by molar-refractivity contribution is 5.56. The standard InChI is InChI=1S/C15H20N4O/c1-11-14(16-2)18-10-19-15(11)17-9-8-12-6-4-5-7-13(12)20-3/h4-7,10H,8-9H2,1-3H3,(H2,16,17,18,19). The van der Waals surface area contributed by atoms with Crippen molar-refractivity contribution in [2.45, 2.75) is 13.3 Å². The first-order valence-electron chi connectivity index (χ1n) is 6.61. The molecule has 20 heavy (non-hydrogen) atoms.